The number of rotatable bonds is 7. The van der Waals surface area contributed by atoms with Gasteiger partial charge in [0.25, 0.3) is 0 Å². The third-order valence-corrected chi connectivity index (χ3v) is 4.33. The molecule has 0 saturated heterocycles. The zero-order chi connectivity index (χ0) is 16.1. The van der Waals surface area contributed by atoms with Gasteiger partial charge in [-0.25, -0.2) is 4.98 Å². The maximum Gasteiger partial charge on any atom is 0.232 e. The van der Waals surface area contributed by atoms with Crippen molar-refractivity contribution in [1.29, 1.82) is 0 Å². The molecule has 0 bridgehead atoms. The first-order chi connectivity index (χ1) is 11.3. The summed E-state index contributed by atoms with van der Waals surface area (Å²) in [6, 6.07) is 5.71. The lowest BCUT2D eigenvalue weighted by atomic mass is 9.86. The summed E-state index contributed by atoms with van der Waals surface area (Å²) in [5.41, 5.74) is 0.773. The van der Waals surface area contributed by atoms with E-state index < -0.39 is 0 Å². The summed E-state index contributed by atoms with van der Waals surface area (Å²) < 4.78 is 16.3. The summed E-state index contributed by atoms with van der Waals surface area (Å²) in [6.07, 6.45) is 4.99. The average Bonchev–Trinajstić information content (AvgIpc) is 3.19. The smallest absolute Gasteiger partial charge is 0.232 e. The van der Waals surface area contributed by atoms with Gasteiger partial charge in [-0.15, -0.1) is 0 Å². The van der Waals surface area contributed by atoms with Crippen molar-refractivity contribution < 1.29 is 14.0 Å². The predicted molar refractivity (Wildman–Crippen MR) is 84.5 cm³/mol. The monoisotopic (exact) mass is 317 g/mol. The Morgan fingerprint density at radius 3 is 2.78 bits per heavy atom. The maximum atomic E-state index is 5.45. The third-order valence-electron chi connectivity index (χ3n) is 4.33. The molecule has 3 rings (SSSR count). The van der Waals surface area contributed by atoms with Crippen molar-refractivity contribution in [2.24, 2.45) is 0 Å². The second-order valence-corrected chi connectivity index (χ2v) is 6.01. The second kappa shape index (κ2) is 7.08. The topological polar surface area (TPSA) is 70.3 Å². The highest BCUT2D eigenvalue weighted by atomic mass is 16.5. The van der Waals surface area contributed by atoms with E-state index in [-0.39, 0.29) is 5.41 Å². The molecule has 1 fully saturated rings. The van der Waals surface area contributed by atoms with E-state index in [2.05, 4.69) is 15.1 Å². The van der Waals surface area contributed by atoms with Gasteiger partial charge in [0, 0.05) is 13.2 Å². The minimum absolute atomic E-state index is 0.0862. The molecule has 0 radical (unpaired) electrons. The number of methoxy groups -OCH3 is 1. The Kier molecular flexibility index (Phi) is 4.91. The van der Waals surface area contributed by atoms with E-state index in [0.717, 1.165) is 24.4 Å². The number of ether oxygens (including phenoxy) is 2. The molecule has 23 heavy (non-hydrogen) atoms. The number of hydrogen-bond donors (Lipinski definition) is 0. The molecule has 0 spiro atoms. The van der Waals surface area contributed by atoms with Crippen molar-refractivity contribution in [2.45, 2.75) is 44.4 Å². The molecule has 6 nitrogen and oxygen atoms in total. The van der Waals surface area contributed by atoms with E-state index in [0.29, 0.717) is 31.4 Å². The molecule has 0 unspecified atom stereocenters. The van der Waals surface area contributed by atoms with Crippen molar-refractivity contribution in [3.8, 4) is 5.88 Å². The van der Waals surface area contributed by atoms with E-state index in [1.807, 2.05) is 25.1 Å². The first-order valence-corrected chi connectivity index (χ1v) is 8.16. The van der Waals surface area contributed by atoms with Crippen LogP contribution < -0.4 is 4.74 Å². The highest BCUT2D eigenvalue weighted by Gasteiger charge is 2.40. The lowest BCUT2D eigenvalue weighted by molar-refractivity contribution is 0.125. The van der Waals surface area contributed by atoms with Crippen LogP contribution in [0.15, 0.2) is 22.7 Å². The molecule has 0 N–H and O–H groups in total. The second-order valence-electron chi connectivity index (χ2n) is 6.01. The Morgan fingerprint density at radius 2 is 2.04 bits per heavy atom. The van der Waals surface area contributed by atoms with E-state index >= 15 is 0 Å². The Hall–Kier alpha value is -1.95. The molecule has 1 saturated carbocycles. The van der Waals surface area contributed by atoms with Gasteiger partial charge in [-0.2, -0.15) is 4.98 Å². The van der Waals surface area contributed by atoms with Crippen LogP contribution in [0.25, 0.3) is 0 Å². The Labute approximate surface area is 136 Å². The summed E-state index contributed by atoms with van der Waals surface area (Å²) in [5, 5.41) is 4.22. The van der Waals surface area contributed by atoms with Gasteiger partial charge in [-0.3, -0.25) is 0 Å². The number of nitrogens with zero attached hydrogens (tertiary/aromatic N) is 3. The standard InChI is InChI=1S/C17H23N3O3/c1-3-22-14-8-6-7-13(18-14)11-15-19-16(20-23-15)17(12-21-2)9-4-5-10-17/h6-8H,3-5,9-12H2,1-2H3. The van der Waals surface area contributed by atoms with E-state index in [9.17, 15) is 0 Å². The fourth-order valence-corrected chi connectivity index (χ4v) is 3.24. The number of pyridine rings is 1. The summed E-state index contributed by atoms with van der Waals surface area (Å²) in [7, 11) is 1.73. The molecule has 1 aliphatic rings. The molecular weight excluding hydrogens is 294 g/mol. The molecule has 2 aromatic heterocycles. The van der Waals surface area contributed by atoms with Crippen LogP contribution >= 0.6 is 0 Å². The molecule has 124 valence electrons. The predicted octanol–water partition coefficient (Wildman–Crippen LogP) is 2.91. The number of hydrogen-bond acceptors (Lipinski definition) is 6. The summed E-state index contributed by atoms with van der Waals surface area (Å²) >= 11 is 0. The van der Waals surface area contributed by atoms with Crippen LogP contribution in [0.4, 0.5) is 0 Å². The van der Waals surface area contributed by atoms with Crippen molar-refractivity contribution in [1.82, 2.24) is 15.1 Å². The lowest BCUT2D eigenvalue weighted by Crippen LogP contribution is -2.29. The average molecular weight is 317 g/mol. The van der Waals surface area contributed by atoms with Crippen LogP contribution in [0.5, 0.6) is 5.88 Å². The SMILES string of the molecule is CCOc1cccc(Cc2nc(C3(COC)CCCC3)no2)n1. The molecule has 2 aromatic rings. The van der Waals surface area contributed by atoms with Crippen LogP contribution in [0, 0.1) is 0 Å². The van der Waals surface area contributed by atoms with Crippen molar-refractivity contribution in [3.05, 3.63) is 35.6 Å². The van der Waals surface area contributed by atoms with Gasteiger partial charge in [-0.1, -0.05) is 24.1 Å². The summed E-state index contributed by atoms with van der Waals surface area (Å²) in [6.45, 7) is 3.18. The van der Waals surface area contributed by atoms with Crippen LogP contribution in [-0.4, -0.2) is 35.4 Å². The molecule has 6 heteroatoms. The van der Waals surface area contributed by atoms with Crippen LogP contribution in [0.1, 0.15) is 50.0 Å². The van der Waals surface area contributed by atoms with Crippen molar-refractivity contribution >= 4 is 0 Å². The minimum atomic E-state index is -0.0862. The van der Waals surface area contributed by atoms with Crippen LogP contribution in [0.2, 0.25) is 0 Å². The van der Waals surface area contributed by atoms with Crippen molar-refractivity contribution in [3.63, 3.8) is 0 Å². The molecule has 0 aliphatic heterocycles. The molecule has 0 atom stereocenters. The van der Waals surface area contributed by atoms with Gasteiger partial charge in [0.05, 0.1) is 30.7 Å². The first-order valence-electron chi connectivity index (χ1n) is 8.16. The molecule has 0 aromatic carbocycles. The van der Waals surface area contributed by atoms with Gasteiger partial charge in [0.15, 0.2) is 5.82 Å². The minimum Gasteiger partial charge on any atom is -0.478 e. The fourth-order valence-electron chi connectivity index (χ4n) is 3.24. The largest absolute Gasteiger partial charge is 0.478 e. The van der Waals surface area contributed by atoms with E-state index in [1.165, 1.54) is 12.8 Å². The first kappa shape index (κ1) is 15.9. The highest BCUT2D eigenvalue weighted by molar-refractivity contribution is 5.18. The van der Waals surface area contributed by atoms with Crippen LogP contribution in [-0.2, 0) is 16.6 Å². The Balaban J connectivity index is 1.75. The zero-order valence-electron chi connectivity index (χ0n) is 13.7. The van der Waals surface area contributed by atoms with Gasteiger partial charge in [-0.05, 0) is 25.8 Å². The Bertz CT molecular complexity index is 636. The highest BCUT2D eigenvalue weighted by Crippen LogP contribution is 2.39. The third kappa shape index (κ3) is 3.52. The van der Waals surface area contributed by atoms with E-state index in [1.54, 1.807) is 7.11 Å². The van der Waals surface area contributed by atoms with Crippen LogP contribution in [0.3, 0.4) is 0 Å². The van der Waals surface area contributed by atoms with Gasteiger partial charge in [0.1, 0.15) is 0 Å². The molecular formula is C17H23N3O3. The lowest BCUT2D eigenvalue weighted by Gasteiger charge is -2.23. The Morgan fingerprint density at radius 1 is 1.22 bits per heavy atom. The summed E-state index contributed by atoms with van der Waals surface area (Å²) in [4.78, 5) is 9.06. The molecule has 1 aliphatic carbocycles. The maximum absolute atomic E-state index is 5.45. The zero-order valence-corrected chi connectivity index (χ0v) is 13.7. The van der Waals surface area contributed by atoms with Gasteiger partial charge < -0.3 is 14.0 Å². The van der Waals surface area contributed by atoms with E-state index in [4.69, 9.17) is 14.0 Å². The normalized spacial score (nSPS) is 16.6. The number of aromatic nitrogens is 3. The molecule has 0 amide bonds. The van der Waals surface area contributed by atoms with Crippen molar-refractivity contribution in [2.75, 3.05) is 20.3 Å². The van der Waals surface area contributed by atoms with Gasteiger partial charge >= 0.3 is 0 Å². The van der Waals surface area contributed by atoms with Gasteiger partial charge in [0.2, 0.25) is 11.8 Å². The molecule has 2 heterocycles. The fraction of sp³-hybridized carbons (Fsp3) is 0.588. The quantitative estimate of drug-likeness (QED) is 0.782. The summed E-state index contributed by atoms with van der Waals surface area (Å²) in [5.74, 6) is 1.98.